The van der Waals surface area contributed by atoms with E-state index in [1.807, 2.05) is 0 Å². The average Bonchev–Trinajstić information content (AvgIpc) is 2.51. The van der Waals surface area contributed by atoms with Crippen molar-refractivity contribution in [3.63, 3.8) is 0 Å². The second-order valence-corrected chi connectivity index (χ2v) is 4.37. The van der Waals surface area contributed by atoms with Gasteiger partial charge in [0.05, 0.1) is 12.2 Å². The number of para-hydroxylation sites is 1. The van der Waals surface area contributed by atoms with Crippen molar-refractivity contribution in [2.24, 2.45) is 5.73 Å². The monoisotopic (exact) mass is 303 g/mol. The summed E-state index contributed by atoms with van der Waals surface area (Å²) < 4.78 is 4.91. The first-order valence-electron chi connectivity index (χ1n) is 6.51. The van der Waals surface area contributed by atoms with Gasteiger partial charge in [-0.25, -0.2) is 4.79 Å². The van der Waals surface area contributed by atoms with E-state index < -0.39 is 18.4 Å². The van der Waals surface area contributed by atoms with Crippen LogP contribution in [-0.2, 0) is 9.53 Å². The molecule has 1 aromatic rings. The maximum absolute atomic E-state index is 12.0. The van der Waals surface area contributed by atoms with Crippen LogP contribution in [0.4, 0.5) is 5.69 Å². The Hall–Kier alpha value is -2.85. The van der Waals surface area contributed by atoms with Crippen molar-refractivity contribution >= 4 is 17.4 Å². The number of ketones is 1. The van der Waals surface area contributed by atoms with Gasteiger partial charge in [-0.15, -0.1) is 0 Å². The second-order valence-electron chi connectivity index (χ2n) is 4.37. The molecule has 22 heavy (non-hydrogen) atoms. The molecular formula is C15H17N3O4. The molecular weight excluding hydrogens is 286 g/mol. The molecule has 0 heterocycles. The van der Waals surface area contributed by atoms with Gasteiger partial charge in [0.25, 0.3) is 0 Å². The van der Waals surface area contributed by atoms with E-state index in [1.54, 1.807) is 24.3 Å². The number of benzene rings is 1. The van der Waals surface area contributed by atoms with Gasteiger partial charge < -0.3 is 20.9 Å². The number of hydrogen-bond acceptors (Lipinski definition) is 7. The number of aliphatic hydroxyl groups is 1. The van der Waals surface area contributed by atoms with Gasteiger partial charge in [-0.05, 0) is 19.1 Å². The Kier molecular flexibility index (Phi) is 6.60. The summed E-state index contributed by atoms with van der Waals surface area (Å²) >= 11 is 0. The topological polar surface area (TPSA) is 125 Å². The molecule has 0 bridgehead atoms. The number of nitriles is 1. The Morgan fingerprint density at radius 2 is 2.09 bits per heavy atom. The van der Waals surface area contributed by atoms with E-state index in [2.05, 4.69) is 5.32 Å². The number of ether oxygens (including phenoxy) is 1. The van der Waals surface area contributed by atoms with E-state index in [-0.39, 0.29) is 30.0 Å². The van der Waals surface area contributed by atoms with Gasteiger partial charge in [0.1, 0.15) is 11.6 Å². The number of esters is 1. The molecule has 0 radical (unpaired) electrons. The van der Waals surface area contributed by atoms with Crippen LogP contribution in [0.15, 0.2) is 35.5 Å². The first-order chi connectivity index (χ1) is 10.5. The Labute approximate surface area is 128 Å². The van der Waals surface area contributed by atoms with Crippen molar-refractivity contribution < 1.29 is 19.4 Å². The normalized spacial score (nSPS) is 11.1. The lowest BCUT2D eigenvalue weighted by Gasteiger charge is -2.10. The van der Waals surface area contributed by atoms with Gasteiger partial charge >= 0.3 is 5.97 Å². The summed E-state index contributed by atoms with van der Waals surface area (Å²) in [6.45, 7) is 1.04. The lowest BCUT2D eigenvalue weighted by Crippen LogP contribution is -2.18. The minimum Gasteiger partial charge on any atom is -0.454 e. The van der Waals surface area contributed by atoms with Crippen LogP contribution >= 0.6 is 0 Å². The zero-order valence-corrected chi connectivity index (χ0v) is 12.1. The molecule has 0 atom stereocenters. The second kappa shape index (κ2) is 8.44. The average molecular weight is 303 g/mol. The maximum atomic E-state index is 12.0. The van der Waals surface area contributed by atoms with Crippen molar-refractivity contribution in [3.05, 3.63) is 41.1 Å². The lowest BCUT2D eigenvalue weighted by atomic mass is 10.1. The fourth-order valence-electron chi connectivity index (χ4n) is 1.66. The molecule has 1 aromatic carbocycles. The molecule has 0 saturated heterocycles. The lowest BCUT2D eigenvalue weighted by molar-refractivity contribution is -0.118. The highest BCUT2D eigenvalue weighted by Gasteiger charge is 2.17. The zero-order chi connectivity index (χ0) is 16.5. The van der Waals surface area contributed by atoms with E-state index in [4.69, 9.17) is 20.8 Å². The zero-order valence-electron chi connectivity index (χ0n) is 12.1. The van der Waals surface area contributed by atoms with Crippen molar-refractivity contribution in [1.29, 1.82) is 5.26 Å². The number of rotatable bonds is 7. The van der Waals surface area contributed by atoms with Crippen molar-refractivity contribution in [2.75, 3.05) is 25.1 Å². The molecule has 0 aliphatic rings. The first kappa shape index (κ1) is 17.2. The number of carbonyl (C=O) groups is 2. The molecule has 0 saturated carbocycles. The van der Waals surface area contributed by atoms with Crippen LogP contribution in [0.3, 0.4) is 0 Å². The summed E-state index contributed by atoms with van der Waals surface area (Å²) in [7, 11) is 0. The molecule has 0 spiro atoms. The number of anilines is 1. The largest absolute Gasteiger partial charge is 0.454 e. The molecule has 0 aliphatic carbocycles. The van der Waals surface area contributed by atoms with Gasteiger partial charge in [0, 0.05) is 17.9 Å². The third-order valence-corrected chi connectivity index (χ3v) is 2.69. The van der Waals surface area contributed by atoms with E-state index in [1.165, 1.54) is 13.0 Å². The standard InChI is InChI=1S/C15H17N3O4/c1-10(17)12(8-16)14(20)9-22-15(21)11-4-2-3-5-13(11)18-6-7-19/h2-5,18-19H,6-7,9,17H2,1H3/b12-10-. The molecule has 0 aliphatic heterocycles. The number of aliphatic hydroxyl groups excluding tert-OH is 1. The van der Waals surface area contributed by atoms with Gasteiger partial charge in [-0.1, -0.05) is 12.1 Å². The summed E-state index contributed by atoms with van der Waals surface area (Å²) in [6.07, 6.45) is 0. The van der Waals surface area contributed by atoms with Gasteiger partial charge in [0.15, 0.2) is 6.61 Å². The van der Waals surface area contributed by atoms with Crippen LogP contribution in [0.5, 0.6) is 0 Å². The Bertz CT molecular complexity index is 628. The third kappa shape index (κ3) is 4.61. The Morgan fingerprint density at radius 3 is 2.68 bits per heavy atom. The fraction of sp³-hybridized carbons (Fsp3) is 0.267. The predicted octanol–water partition coefficient (Wildman–Crippen LogP) is 0.573. The van der Waals surface area contributed by atoms with E-state index in [9.17, 15) is 9.59 Å². The van der Waals surface area contributed by atoms with Crippen LogP contribution in [0.1, 0.15) is 17.3 Å². The van der Waals surface area contributed by atoms with Crippen LogP contribution in [0, 0.1) is 11.3 Å². The number of Topliss-reactive ketones (excluding diaryl/α,β-unsaturated/α-hetero) is 1. The van der Waals surface area contributed by atoms with Crippen LogP contribution in [-0.4, -0.2) is 36.6 Å². The number of carbonyl (C=O) groups excluding carboxylic acids is 2. The minimum absolute atomic E-state index is 0.0774. The van der Waals surface area contributed by atoms with Gasteiger partial charge in [0.2, 0.25) is 5.78 Å². The van der Waals surface area contributed by atoms with Crippen molar-refractivity contribution in [1.82, 2.24) is 0 Å². The number of nitrogens with two attached hydrogens (primary N) is 1. The van der Waals surface area contributed by atoms with Gasteiger partial charge in [-0.3, -0.25) is 4.79 Å². The third-order valence-electron chi connectivity index (χ3n) is 2.69. The van der Waals surface area contributed by atoms with Crippen molar-refractivity contribution in [2.45, 2.75) is 6.92 Å². The highest BCUT2D eigenvalue weighted by atomic mass is 16.5. The first-order valence-corrected chi connectivity index (χ1v) is 6.51. The number of nitrogens with zero attached hydrogens (tertiary/aromatic N) is 1. The summed E-state index contributed by atoms with van der Waals surface area (Å²) in [4.78, 5) is 23.7. The van der Waals surface area contributed by atoms with E-state index in [0.717, 1.165) is 0 Å². The summed E-state index contributed by atoms with van der Waals surface area (Å²) in [5.41, 5.74) is 5.98. The number of hydrogen-bond donors (Lipinski definition) is 3. The van der Waals surface area contributed by atoms with Crippen LogP contribution in [0.2, 0.25) is 0 Å². The fourth-order valence-corrected chi connectivity index (χ4v) is 1.66. The van der Waals surface area contributed by atoms with Crippen LogP contribution in [0.25, 0.3) is 0 Å². The molecule has 4 N–H and O–H groups in total. The molecule has 1 rings (SSSR count). The molecule has 7 nitrogen and oxygen atoms in total. The molecule has 0 aromatic heterocycles. The van der Waals surface area contributed by atoms with Gasteiger partial charge in [-0.2, -0.15) is 5.26 Å². The van der Waals surface area contributed by atoms with E-state index in [0.29, 0.717) is 5.69 Å². The Morgan fingerprint density at radius 1 is 1.41 bits per heavy atom. The molecule has 116 valence electrons. The summed E-state index contributed by atoms with van der Waals surface area (Å²) in [5, 5.41) is 20.5. The number of nitrogens with one attached hydrogen (secondary N) is 1. The highest BCUT2D eigenvalue weighted by molar-refractivity contribution is 6.03. The SMILES string of the molecule is C/C(N)=C(\C#N)C(=O)COC(=O)c1ccccc1NCCO. The number of allylic oxidation sites excluding steroid dienone is 1. The van der Waals surface area contributed by atoms with Crippen LogP contribution < -0.4 is 11.1 Å². The minimum atomic E-state index is -0.707. The predicted molar refractivity (Wildman–Crippen MR) is 79.8 cm³/mol. The quantitative estimate of drug-likeness (QED) is 0.382. The highest BCUT2D eigenvalue weighted by Crippen LogP contribution is 2.16. The summed E-state index contributed by atoms with van der Waals surface area (Å²) in [5.74, 6) is -1.36. The molecule has 0 fully saturated rings. The van der Waals surface area contributed by atoms with E-state index >= 15 is 0 Å². The molecule has 0 amide bonds. The Balaban J connectivity index is 2.77. The molecule has 7 heteroatoms. The molecule has 0 unspecified atom stereocenters. The smallest absolute Gasteiger partial charge is 0.340 e. The summed E-state index contributed by atoms with van der Waals surface area (Å²) in [6, 6.07) is 8.22. The maximum Gasteiger partial charge on any atom is 0.340 e. The van der Waals surface area contributed by atoms with Crippen molar-refractivity contribution in [3.8, 4) is 6.07 Å².